The Balaban J connectivity index is 1.67. The van der Waals surface area contributed by atoms with Crippen molar-refractivity contribution in [2.24, 2.45) is 7.05 Å². The molecule has 3 N–H and O–H groups in total. The molecule has 1 aromatic heterocycles. The van der Waals surface area contributed by atoms with E-state index in [1.54, 1.807) is 6.07 Å². The van der Waals surface area contributed by atoms with Crippen molar-refractivity contribution in [1.29, 1.82) is 5.26 Å². The predicted molar refractivity (Wildman–Crippen MR) is 111 cm³/mol. The summed E-state index contributed by atoms with van der Waals surface area (Å²) in [5.41, 5.74) is -0.317. The molecular weight excluding hydrogens is 450 g/mol. The number of aryl methyl sites for hydroxylation is 1. The lowest BCUT2D eigenvalue weighted by Gasteiger charge is -2.15. The second-order valence-electron chi connectivity index (χ2n) is 6.80. The van der Waals surface area contributed by atoms with E-state index >= 15 is 0 Å². The van der Waals surface area contributed by atoms with Crippen LogP contribution in [0, 0.1) is 23.0 Å². The average molecular weight is 471 g/mol. The van der Waals surface area contributed by atoms with E-state index in [2.05, 4.69) is 14.8 Å². The first-order valence-electron chi connectivity index (χ1n) is 9.13. The minimum atomic E-state index is -3.51. The van der Waals surface area contributed by atoms with E-state index in [0.29, 0.717) is 13.0 Å². The van der Waals surface area contributed by atoms with Gasteiger partial charge in [-0.2, -0.15) is 18.0 Å². The summed E-state index contributed by atoms with van der Waals surface area (Å²) in [4.78, 5) is 12.7. The van der Waals surface area contributed by atoms with Crippen molar-refractivity contribution in [3.63, 3.8) is 0 Å². The molecule has 1 saturated heterocycles. The van der Waals surface area contributed by atoms with Crippen molar-refractivity contribution < 1.29 is 22.0 Å². The van der Waals surface area contributed by atoms with E-state index in [1.165, 1.54) is 35.2 Å². The molecule has 31 heavy (non-hydrogen) atoms. The normalized spacial score (nSPS) is 16.9. The molecular formula is C18H20F2N6O3S2. The van der Waals surface area contributed by atoms with E-state index in [0.717, 1.165) is 24.1 Å². The van der Waals surface area contributed by atoms with Crippen LogP contribution < -0.4 is 14.8 Å². The van der Waals surface area contributed by atoms with E-state index in [4.69, 9.17) is 5.26 Å². The number of benzene rings is 1. The molecule has 13 heteroatoms. The van der Waals surface area contributed by atoms with Crippen LogP contribution in [-0.4, -0.2) is 49.4 Å². The summed E-state index contributed by atoms with van der Waals surface area (Å²) < 4.78 is 59.9. The predicted octanol–water partition coefficient (Wildman–Crippen LogP) is 1.56. The number of halogens is 2. The molecule has 0 aliphatic carbocycles. The zero-order valence-corrected chi connectivity index (χ0v) is 18.3. The zero-order chi connectivity index (χ0) is 22.8. The van der Waals surface area contributed by atoms with Gasteiger partial charge in [-0.15, -0.1) is 0 Å². The molecule has 1 amide bonds. The number of amides is 1. The van der Waals surface area contributed by atoms with Gasteiger partial charge in [-0.05, 0) is 36.6 Å². The number of hydrogen-bond acceptors (Lipinski definition) is 6. The summed E-state index contributed by atoms with van der Waals surface area (Å²) >= 11 is 0.971. The van der Waals surface area contributed by atoms with Crippen molar-refractivity contribution in [3.8, 4) is 6.07 Å². The molecule has 3 rings (SSSR count). The number of carbonyl (C=O) groups is 1. The Labute approximate surface area is 182 Å². The summed E-state index contributed by atoms with van der Waals surface area (Å²) in [6.45, 7) is 0.582. The zero-order valence-electron chi connectivity index (χ0n) is 16.6. The maximum absolute atomic E-state index is 14.9. The molecule has 1 fully saturated rings. The van der Waals surface area contributed by atoms with Gasteiger partial charge >= 0.3 is 0 Å². The van der Waals surface area contributed by atoms with Crippen LogP contribution in [-0.2, 0) is 17.3 Å². The SMILES string of the molecule is CNS(=O)(=O)N1CCC(NSc2cn(C)c(C(=O)Nc3ccc(F)c(C#N)c3)c2F)C1. The van der Waals surface area contributed by atoms with Gasteiger partial charge in [-0.3, -0.25) is 9.52 Å². The van der Waals surface area contributed by atoms with E-state index < -0.39 is 27.8 Å². The van der Waals surface area contributed by atoms with Gasteiger partial charge in [-0.1, -0.05) is 0 Å². The lowest BCUT2D eigenvalue weighted by molar-refractivity contribution is 0.101. The monoisotopic (exact) mass is 470 g/mol. The molecule has 0 radical (unpaired) electrons. The standard InChI is InChI=1S/C18H20F2N6O3S2/c1-22-31(28,29)26-6-5-13(9-26)24-30-15-10-25(2)17(16(15)20)18(27)23-12-3-4-14(19)11(7-12)8-21/h3-4,7,10,13,22,24H,5-6,9H2,1-2H3,(H,23,27). The average Bonchev–Trinajstić information content (AvgIpc) is 3.32. The van der Waals surface area contributed by atoms with E-state index in [-0.39, 0.29) is 34.4 Å². The Bertz CT molecular complexity index is 1150. The number of carbonyl (C=O) groups excluding carboxylic acids is 1. The Morgan fingerprint density at radius 2 is 2.10 bits per heavy atom. The topological polar surface area (TPSA) is 119 Å². The fourth-order valence-corrected chi connectivity index (χ4v) is 4.96. The van der Waals surface area contributed by atoms with Gasteiger partial charge in [0.25, 0.3) is 16.1 Å². The highest BCUT2D eigenvalue weighted by molar-refractivity contribution is 7.97. The maximum Gasteiger partial charge on any atom is 0.279 e. The smallest absolute Gasteiger partial charge is 0.279 e. The molecule has 0 saturated carbocycles. The highest BCUT2D eigenvalue weighted by Crippen LogP contribution is 2.26. The quantitative estimate of drug-likeness (QED) is 0.529. The highest BCUT2D eigenvalue weighted by atomic mass is 32.2. The number of nitrogens with zero attached hydrogens (tertiary/aromatic N) is 3. The number of rotatable bonds is 7. The summed E-state index contributed by atoms with van der Waals surface area (Å²) in [5.74, 6) is -2.23. The summed E-state index contributed by atoms with van der Waals surface area (Å²) in [7, 11) is -0.673. The third-order valence-electron chi connectivity index (χ3n) is 4.73. The molecule has 1 unspecified atom stereocenters. The lowest BCUT2D eigenvalue weighted by Crippen LogP contribution is -2.39. The van der Waals surface area contributed by atoms with Crippen LogP contribution in [0.1, 0.15) is 22.5 Å². The Morgan fingerprint density at radius 3 is 2.77 bits per heavy atom. The molecule has 1 aromatic carbocycles. The van der Waals surface area contributed by atoms with Crippen molar-refractivity contribution in [3.05, 3.63) is 47.3 Å². The number of aromatic nitrogens is 1. The van der Waals surface area contributed by atoms with Crippen molar-refractivity contribution in [2.75, 3.05) is 25.5 Å². The van der Waals surface area contributed by atoms with Crippen LogP contribution in [0.25, 0.3) is 0 Å². The molecule has 9 nitrogen and oxygen atoms in total. The molecule has 1 atom stereocenters. The molecule has 2 heterocycles. The maximum atomic E-state index is 14.9. The van der Waals surface area contributed by atoms with Crippen LogP contribution in [0.2, 0.25) is 0 Å². The first-order chi connectivity index (χ1) is 14.7. The minimum absolute atomic E-state index is 0.160. The van der Waals surface area contributed by atoms with Crippen LogP contribution in [0.3, 0.4) is 0 Å². The third kappa shape index (κ3) is 5.05. The van der Waals surface area contributed by atoms with Crippen molar-refractivity contribution in [2.45, 2.75) is 17.4 Å². The Kier molecular flexibility index (Phi) is 6.97. The minimum Gasteiger partial charge on any atom is -0.343 e. The fourth-order valence-electron chi connectivity index (χ4n) is 3.10. The number of nitriles is 1. The molecule has 0 spiro atoms. The van der Waals surface area contributed by atoms with Gasteiger partial charge < -0.3 is 9.88 Å². The van der Waals surface area contributed by atoms with Crippen molar-refractivity contribution >= 4 is 33.8 Å². The van der Waals surface area contributed by atoms with Crippen LogP contribution in [0.4, 0.5) is 14.5 Å². The molecule has 1 aliphatic rings. The van der Waals surface area contributed by atoms with Crippen LogP contribution in [0.15, 0.2) is 29.3 Å². The van der Waals surface area contributed by atoms with Crippen LogP contribution in [0.5, 0.6) is 0 Å². The third-order valence-corrected chi connectivity index (χ3v) is 7.22. The van der Waals surface area contributed by atoms with Gasteiger partial charge in [-0.25, -0.2) is 13.5 Å². The second kappa shape index (κ2) is 9.33. The highest BCUT2D eigenvalue weighted by Gasteiger charge is 2.31. The van der Waals surface area contributed by atoms with E-state index in [1.807, 2.05) is 0 Å². The number of anilines is 1. The molecule has 0 bridgehead atoms. The van der Waals surface area contributed by atoms with Gasteiger partial charge in [0.2, 0.25) is 0 Å². The second-order valence-corrected chi connectivity index (χ2v) is 9.55. The van der Waals surface area contributed by atoms with Gasteiger partial charge in [0, 0.05) is 45.1 Å². The van der Waals surface area contributed by atoms with Crippen LogP contribution >= 0.6 is 11.9 Å². The van der Waals surface area contributed by atoms with Crippen molar-refractivity contribution in [1.82, 2.24) is 18.3 Å². The molecule has 166 valence electrons. The fraction of sp³-hybridized carbons (Fsp3) is 0.333. The summed E-state index contributed by atoms with van der Waals surface area (Å²) in [6, 6.07) is 4.97. The van der Waals surface area contributed by atoms with Gasteiger partial charge in [0.15, 0.2) is 5.82 Å². The first kappa shape index (κ1) is 23.2. The van der Waals surface area contributed by atoms with Gasteiger partial charge in [0.05, 0.1) is 10.5 Å². The van der Waals surface area contributed by atoms with E-state index in [9.17, 15) is 22.0 Å². The first-order valence-corrected chi connectivity index (χ1v) is 11.4. The lowest BCUT2D eigenvalue weighted by atomic mass is 10.2. The largest absolute Gasteiger partial charge is 0.343 e. The Morgan fingerprint density at radius 1 is 1.35 bits per heavy atom. The molecule has 2 aromatic rings. The summed E-state index contributed by atoms with van der Waals surface area (Å²) in [5, 5.41) is 11.3. The van der Waals surface area contributed by atoms with Gasteiger partial charge in [0.1, 0.15) is 17.6 Å². The molecule has 1 aliphatic heterocycles. The summed E-state index contributed by atoms with van der Waals surface area (Å²) in [6.07, 6.45) is 1.99. The Hall–Kier alpha value is -2.50. The number of nitrogens with one attached hydrogen (secondary N) is 3. The number of hydrogen-bond donors (Lipinski definition) is 3.